The van der Waals surface area contributed by atoms with Crippen LogP contribution < -0.4 is 16.9 Å². The molecule has 0 bridgehead atoms. The molecule has 0 radical (unpaired) electrons. The van der Waals surface area contributed by atoms with E-state index >= 15 is 0 Å². The standard InChI is InChI=1S/C15H16N10O4S3/c1-24-15(21-22-23-24)32-3-5-2-30-12-8(11(27)25(12)9(5)13(28)29)19-10(26)7(20-17)6-4-31-14(16)18-6/h4,8,12H,2-3,17H2,1H3,(H2,16,18)(H,19,26)(H,28,29)/b20-7+/t8-,12-/m1/s1. The Balaban J connectivity index is 1.48. The van der Waals surface area contributed by atoms with Crippen molar-refractivity contribution in [2.75, 3.05) is 17.2 Å². The number of carbonyl (C=O) groups excluding carboxylic acids is 2. The Morgan fingerprint density at radius 1 is 1.47 bits per heavy atom. The van der Waals surface area contributed by atoms with Crippen molar-refractivity contribution in [3.05, 3.63) is 22.3 Å². The molecule has 2 aliphatic heterocycles. The maximum absolute atomic E-state index is 12.8. The van der Waals surface area contributed by atoms with Gasteiger partial charge in [-0.05, 0) is 16.0 Å². The Kier molecular flexibility index (Phi) is 6.02. The molecule has 2 aromatic heterocycles. The van der Waals surface area contributed by atoms with Gasteiger partial charge in [-0.3, -0.25) is 14.5 Å². The lowest BCUT2D eigenvalue weighted by molar-refractivity contribution is -0.150. The van der Waals surface area contributed by atoms with Crippen LogP contribution in [0, 0.1) is 0 Å². The molecule has 0 aliphatic carbocycles. The summed E-state index contributed by atoms with van der Waals surface area (Å²) in [5.74, 6) is 3.53. The number of aryl methyl sites for hydroxylation is 1. The van der Waals surface area contributed by atoms with Crippen LogP contribution in [0.5, 0.6) is 0 Å². The van der Waals surface area contributed by atoms with Gasteiger partial charge in [0.05, 0.1) is 0 Å². The largest absolute Gasteiger partial charge is 0.477 e. The second kappa shape index (κ2) is 8.75. The molecule has 1 saturated heterocycles. The number of carboxylic acid groups (broad SMARTS) is 1. The molecule has 168 valence electrons. The van der Waals surface area contributed by atoms with Gasteiger partial charge in [0.2, 0.25) is 5.16 Å². The van der Waals surface area contributed by atoms with E-state index in [1.54, 1.807) is 7.05 Å². The molecule has 0 saturated carbocycles. The Morgan fingerprint density at radius 2 is 2.25 bits per heavy atom. The van der Waals surface area contributed by atoms with Gasteiger partial charge in [-0.2, -0.15) is 5.10 Å². The maximum Gasteiger partial charge on any atom is 0.352 e. The second-order valence-corrected chi connectivity index (χ2v) is 9.48. The number of aliphatic carboxylic acids is 1. The molecule has 2 aliphatic rings. The second-order valence-electron chi connectivity index (χ2n) is 6.54. The third kappa shape index (κ3) is 3.89. The number of rotatable bonds is 7. The molecule has 17 heteroatoms. The van der Waals surface area contributed by atoms with Gasteiger partial charge in [0, 0.05) is 23.9 Å². The summed E-state index contributed by atoms with van der Waals surface area (Å²) in [6, 6.07) is -0.924. The number of anilines is 1. The van der Waals surface area contributed by atoms with Gasteiger partial charge in [0.15, 0.2) is 10.8 Å². The van der Waals surface area contributed by atoms with E-state index in [1.807, 2.05) is 0 Å². The summed E-state index contributed by atoms with van der Waals surface area (Å²) in [4.78, 5) is 42.5. The summed E-state index contributed by atoms with van der Waals surface area (Å²) < 4.78 is 1.47. The molecule has 0 unspecified atom stereocenters. The zero-order chi connectivity index (χ0) is 23.0. The molecule has 0 aromatic carbocycles. The fraction of sp³-hybridized carbons (Fsp3) is 0.333. The summed E-state index contributed by atoms with van der Waals surface area (Å²) in [7, 11) is 1.67. The highest BCUT2D eigenvalue weighted by Gasteiger charge is 2.54. The molecule has 32 heavy (non-hydrogen) atoms. The number of nitrogens with zero attached hydrogens (tertiary/aromatic N) is 7. The van der Waals surface area contributed by atoms with Crippen molar-refractivity contribution in [3.8, 4) is 0 Å². The Hall–Kier alpha value is -3.18. The van der Waals surface area contributed by atoms with Crippen molar-refractivity contribution in [2.24, 2.45) is 18.0 Å². The van der Waals surface area contributed by atoms with Crippen LogP contribution in [0.4, 0.5) is 5.13 Å². The number of hydrazone groups is 1. The number of hydrogen-bond donors (Lipinski definition) is 4. The van der Waals surface area contributed by atoms with Crippen LogP contribution in [-0.2, 0) is 21.4 Å². The summed E-state index contributed by atoms with van der Waals surface area (Å²) in [6.45, 7) is 0. The molecule has 6 N–H and O–H groups in total. The average molecular weight is 497 g/mol. The quantitative estimate of drug-likeness (QED) is 0.113. The first kappa shape index (κ1) is 22.0. The fourth-order valence-corrected chi connectivity index (χ4v) is 6.02. The van der Waals surface area contributed by atoms with Crippen molar-refractivity contribution in [1.82, 2.24) is 35.4 Å². The minimum Gasteiger partial charge on any atom is -0.477 e. The number of fused-ring (bicyclic) bond motifs is 1. The molecule has 14 nitrogen and oxygen atoms in total. The number of nitrogen functional groups attached to an aromatic ring is 1. The van der Waals surface area contributed by atoms with Crippen LogP contribution >= 0.6 is 34.9 Å². The van der Waals surface area contributed by atoms with E-state index in [-0.39, 0.29) is 22.2 Å². The van der Waals surface area contributed by atoms with Crippen LogP contribution in [0.15, 0.2) is 26.9 Å². The van der Waals surface area contributed by atoms with Crippen molar-refractivity contribution < 1.29 is 19.5 Å². The molecule has 2 aromatic rings. The highest BCUT2D eigenvalue weighted by atomic mass is 32.2. The number of β-lactam (4-membered cyclic amide) rings is 1. The summed E-state index contributed by atoms with van der Waals surface area (Å²) in [6.07, 6.45) is 0. The zero-order valence-electron chi connectivity index (χ0n) is 16.3. The number of aromatic nitrogens is 5. The van der Waals surface area contributed by atoms with Crippen LogP contribution in [0.2, 0.25) is 0 Å². The lowest BCUT2D eigenvalue weighted by Gasteiger charge is -2.49. The van der Waals surface area contributed by atoms with Crippen LogP contribution in [0.1, 0.15) is 5.69 Å². The first-order valence-electron chi connectivity index (χ1n) is 8.87. The molecular weight excluding hydrogens is 480 g/mol. The van der Waals surface area contributed by atoms with E-state index in [0.717, 1.165) is 11.3 Å². The summed E-state index contributed by atoms with van der Waals surface area (Å²) in [5.41, 5.74) is 6.07. The lowest BCUT2D eigenvalue weighted by Crippen LogP contribution is -2.71. The average Bonchev–Trinajstić information content (AvgIpc) is 3.37. The van der Waals surface area contributed by atoms with Gasteiger partial charge in [0.1, 0.15) is 22.8 Å². The highest BCUT2D eigenvalue weighted by molar-refractivity contribution is 8.01. The van der Waals surface area contributed by atoms with Crippen molar-refractivity contribution in [2.45, 2.75) is 16.6 Å². The predicted molar refractivity (Wildman–Crippen MR) is 116 cm³/mol. The highest BCUT2D eigenvalue weighted by Crippen LogP contribution is 2.41. The lowest BCUT2D eigenvalue weighted by atomic mass is 10.0. The van der Waals surface area contributed by atoms with E-state index in [2.05, 4.69) is 30.9 Å². The topological polar surface area (TPSA) is 208 Å². The number of thiazole rings is 1. The number of carbonyl (C=O) groups is 3. The summed E-state index contributed by atoms with van der Waals surface area (Å²) in [5, 5.41) is 28.6. The van der Waals surface area contributed by atoms with Gasteiger partial charge in [0.25, 0.3) is 11.8 Å². The van der Waals surface area contributed by atoms with Crippen molar-refractivity contribution >= 4 is 63.5 Å². The normalized spacial score (nSPS) is 20.7. The van der Waals surface area contributed by atoms with Gasteiger partial charge < -0.3 is 22.0 Å². The number of nitrogens with one attached hydrogen (secondary N) is 1. The van der Waals surface area contributed by atoms with Crippen molar-refractivity contribution in [1.29, 1.82) is 0 Å². The van der Waals surface area contributed by atoms with E-state index < -0.39 is 29.2 Å². The van der Waals surface area contributed by atoms with Crippen LogP contribution in [-0.4, -0.2) is 81.6 Å². The number of hydrogen-bond acceptors (Lipinski definition) is 13. The maximum atomic E-state index is 12.8. The number of thioether (sulfide) groups is 2. The fourth-order valence-electron chi connectivity index (χ4n) is 3.14. The molecule has 2 atom stereocenters. The van der Waals surface area contributed by atoms with E-state index in [1.165, 1.54) is 38.5 Å². The molecule has 1 fully saturated rings. The zero-order valence-corrected chi connectivity index (χ0v) is 18.8. The van der Waals surface area contributed by atoms with Gasteiger partial charge in [-0.1, -0.05) is 11.8 Å². The van der Waals surface area contributed by atoms with Gasteiger partial charge in [-0.15, -0.1) is 28.2 Å². The van der Waals surface area contributed by atoms with E-state index in [0.29, 0.717) is 22.2 Å². The first-order valence-corrected chi connectivity index (χ1v) is 11.8. The Labute approximate surface area is 192 Å². The first-order chi connectivity index (χ1) is 15.3. The van der Waals surface area contributed by atoms with Crippen molar-refractivity contribution in [3.63, 3.8) is 0 Å². The molecule has 0 spiro atoms. The van der Waals surface area contributed by atoms with Gasteiger partial charge in [-0.25, -0.2) is 14.5 Å². The smallest absolute Gasteiger partial charge is 0.352 e. The summed E-state index contributed by atoms with van der Waals surface area (Å²) >= 11 is 3.73. The Morgan fingerprint density at radius 3 is 2.84 bits per heavy atom. The number of amides is 2. The minimum absolute atomic E-state index is 0.0909. The molecule has 4 rings (SSSR count). The SMILES string of the molecule is Cn1nnnc1SCC1=C(C(=O)O)N2C(=O)[C@@H](NC(=O)/C(=N/N)c3csc(N)n3)[C@H]2SC1. The number of nitrogens with two attached hydrogens (primary N) is 2. The number of tetrazole rings is 1. The van der Waals surface area contributed by atoms with Gasteiger partial charge >= 0.3 is 5.97 Å². The predicted octanol–water partition coefficient (Wildman–Crippen LogP) is -1.56. The number of carboxylic acids is 1. The van der Waals surface area contributed by atoms with Crippen LogP contribution in [0.25, 0.3) is 0 Å². The monoisotopic (exact) mass is 496 g/mol. The molecule has 2 amide bonds. The minimum atomic E-state index is -1.22. The molecular formula is C15H16N10O4S3. The van der Waals surface area contributed by atoms with E-state index in [4.69, 9.17) is 11.6 Å². The Bertz CT molecular complexity index is 1160. The molecule has 4 heterocycles. The van der Waals surface area contributed by atoms with Crippen LogP contribution in [0.3, 0.4) is 0 Å². The third-order valence-corrected chi connectivity index (χ3v) is 7.71. The third-order valence-electron chi connectivity index (χ3n) is 4.60. The van der Waals surface area contributed by atoms with E-state index in [9.17, 15) is 19.5 Å².